The van der Waals surface area contributed by atoms with Gasteiger partial charge in [0, 0.05) is 36.1 Å². The van der Waals surface area contributed by atoms with Crippen molar-refractivity contribution in [2.75, 3.05) is 11.4 Å². The molecule has 0 aliphatic carbocycles. The normalized spacial score (nSPS) is 21.0. The van der Waals surface area contributed by atoms with Gasteiger partial charge in [0.05, 0.1) is 0 Å². The summed E-state index contributed by atoms with van der Waals surface area (Å²) in [6, 6.07) is 4.86. The molecule has 1 aliphatic heterocycles. The lowest BCUT2D eigenvalue weighted by Gasteiger charge is -2.04. The molecule has 0 bridgehead atoms. The molecular weight excluding hydrogens is 162 g/mol. The van der Waals surface area contributed by atoms with Crippen LogP contribution in [0.2, 0.25) is 0 Å². The smallest absolute Gasteiger partial charge is 0.139 e. The van der Waals surface area contributed by atoms with E-state index in [1.54, 1.807) is 0 Å². The molecule has 0 amide bonds. The van der Waals surface area contributed by atoms with Crippen molar-refractivity contribution in [2.24, 2.45) is 0 Å². The second kappa shape index (κ2) is 2.25. The highest BCUT2D eigenvalue weighted by Crippen LogP contribution is 2.32. The standard InChI is InChI=1S/C10H11N3/c1-7-6-13(7)9-3-5-12-10-8(9)2-4-11-10/h2-5,7H,6H2,1H3,(H,11,12). The maximum Gasteiger partial charge on any atom is 0.139 e. The van der Waals surface area contributed by atoms with Crippen LogP contribution in [-0.2, 0) is 0 Å². The molecule has 1 atom stereocenters. The van der Waals surface area contributed by atoms with E-state index < -0.39 is 0 Å². The number of anilines is 1. The van der Waals surface area contributed by atoms with Crippen LogP contribution >= 0.6 is 0 Å². The molecule has 0 aromatic carbocycles. The molecule has 3 nitrogen and oxygen atoms in total. The lowest BCUT2D eigenvalue weighted by atomic mass is 10.3. The molecule has 3 heterocycles. The van der Waals surface area contributed by atoms with E-state index in [9.17, 15) is 0 Å². The maximum absolute atomic E-state index is 4.25. The lowest BCUT2D eigenvalue weighted by Crippen LogP contribution is -1.95. The number of rotatable bonds is 1. The number of hydrogen-bond acceptors (Lipinski definition) is 2. The Morgan fingerprint density at radius 3 is 3.15 bits per heavy atom. The third kappa shape index (κ3) is 0.932. The molecule has 0 spiro atoms. The SMILES string of the molecule is CC1CN1c1ccnc2[nH]ccc12. The van der Waals surface area contributed by atoms with Gasteiger partial charge in [0.1, 0.15) is 5.65 Å². The first-order valence-corrected chi connectivity index (χ1v) is 4.55. The molecule has 0 radical (unpaired) electrons. The van der Waals surface area contributed by atoms with Crippen molar-refractivity contribution in [3.05, 3.63) is 24.5 Å². The van der Waals surface area contributed by atoms with E-state index in [1.807, 2.05) is 12.4 Å². The Hall–Kier alpha value is -1.51. The number of aromatic amines is 1. The first-order chi connectivity index (χ1) is 6.36. The van der Waals surface area contributed by atoms with Crippen LogP contribution in [0.4, 0.5) is 5.69 Å². The van der Waals surface area contributed by atoms with Crippen LogP contribution < -0.4 is 4.90 Å². The van der Waals surface area contributed by atoms with Gasteiger partial charge in [-0.3, -0.25) is 0 Å². The minimum atomic E-state index is 0.695. The predicted octanol–water partition coefficient (Wildman–Crippen LogP) is 1.77. The second-order valence-electron chi connectivity index (χ2n) is 3.57. The molecule has 2 aromatic rings. The van der Waals surface area contributed by atoms with Crippen LogP contribution in [0, 0.1) is 0 Å². The van der Waals surface area contributed by atoms with Gasteiger partial charge in [-0.1, -0.05) is 0 Å². The predicted molar refractivity (Wildman–Crippen MR) is 52.9 cm³/mol. The number of H-pyrrole nitrogens is 1. The van der Waals surface area contributed by atoms with E-state index in [0.29, 0.717) is 6.04 Å². The largest absolute Gasteiger partial charge is 0.364 e. The Morgan fingerprint density at radius 1 is 1.54 bits per heavy atom. The monoisotopic (exact) mass is 173 g/mol. The van der Waals surface area contributed by atoms with E-state index in [0.717, 1.165) is 5.65 Å². The molecule has 1 aliphatic rings. The zero-order chi connectivity index (χ0) is 8.84. The molecule has 1 saturated heterocycles. The summed E-state index contributed by atoms with van der Waals surface area (Å²) in [6.07, 6.45) is 3.80. The number of nitrogens with one attached hydrogen (secondary N) is 1. The molecule has 1 N–H and O–H groups in total. The third-order valence-corrected chi connectivity index (χ3v) is 2.61. The van der Waals surface area contributed by atoms with Crippen molar-refractivity contribution in [1.82, 2.24) is 9.97 Å². The Bertz CT molecular complexity index is 446. The number of hydrogen-bond donors (Lipinski definition) is 1. The highest BCUT2D eigenvalue weighted by Gasteiger charge is 2.30. The van der Waals surface area contributed by atoms with Crippen molar-refractivity contribution < 1.29 is 0 Å². The van der Waals surface area contributed by atoms with Crippen molar-refractivity contribution >= 4 is 16.7 Å². The van der Waals surface area contributed by atoms with E-state index >= 15 is 0 Å². The molecule has 13 heavy (non-hydrogen) atoms. The van der Waals surface area contributed by atoms with Gasteiger partial charge >= 0.3 is 0 Å². The Kier molecular flexibility index (Phi) is 1.20. The van der Waals surface area contributed by atoms with Gasteiger partial charge in [-0.25, -0.2) is 4.98 Å². The molecule has 1 fully saturated rings. The molecule has 66 valence electrons. The summed E-state index contributed by atoms with van der Waals surface area (Å²) in [6.45, 7) is 3.41. The van der Waals surface area contributed by atoms with Crippen molar-refractivity contribution in [3.8, 4) is 0 Å². The van der Waals surface area contributed by atoms with E-state index in [1.165, 1.54) is 17.6 Å². The summed E-state index contributed by atoms with van der Waals surface area (Å²) in [7, 11) is 0. The Morgan fingerprint density at radius 2 is 2.38 bits per heavy atom. The van der Waals surface area contributed by atoms with Gasteiger partial charge in [-0.2, -0.15) is 0 Å². The zero-order valence-corrected chi connectivity index (χ0v) is 7.49. The number of fused-ring (bicyclic) bond motifs is 1. The van der Waals surface area contributed by atoms with Gasteiger partial charge in [-0.15, -0.1) is 0 Å². The average molecular weight is 173 g/mol. The van der Waals surface area contributed by atoms with Crippen molar-refractivity contribution in [1.29, 1.82) is 0 Å². The van der Waals surface area contributed by atoms with Crippen molar-refractivity contribution in [2.45, 2.75) is 13.0 Å². The highest BCUT2D eigenvalue weighted by molar-refractivity contribution is 5.90. The Balaban J connectivity index is 2.22. The molecule has 3 rings (SSSR count). The topological polar surface area (TPSA) is 31.7 Å². The molecule has 0 saturated carbocycles. The maximum atomic E-state index is 4.25. The first-order valence-electron chi connectivity index (χ1n) is 4.55. The minimum Gasteiger partial charge on any atom is -0.364 e. The van der Waals surface area contributed by atoms with Gasteiger partial charge in [0.25, 0.3) is 0 Å². The fraction of sp³-hybridized carbons (Fsp3) is 0.300. The summed E-state index contributed by atoms with van der Waals surface area (Å²) in [5, 5.41) is 1.23. The number of pyridine rings is 1. The molecular formula is C10H11N3. The quantitative estimate of drug-likeness (QED) is 0.666. The van der Waals surface area contributed by atoms with Crippen LogP contribution in [0.1, 0.15) is 6.92 Å². The van der Waals surface area contributed by atoms with Crippen LogP contribution in [0.3, 0.4) is 0 Å². The molecule has 3 heteroatoms. The summed E-state index contributed by atoms with van der Waals surface area (Å²) < 4.78 is 0. The summed E-state index contributed by atoms with van der Waals surface area (Å²) >= 11 is 0. The van der Waals surface area contributed by atoms with E-state index in [2.05, 4.69) is 33.9 Å². The van der Waals surface area contributed by atoms with Crippen LogP contribution in [0.5, 0.6) is 0 Å². The fourth-order valence-corrected chi connectivity index (χ4v) is 1.77. The summed E-state index contributed by atoms with van der Waals surface area (Å²) in [4.78, 5) is 9.75. The highest BCUT2D eigenvalue weighted by atomic mass is 15.3. The van der Waals surface area contributed by atoms with Crippen LogP contribution in [0.15, 0.2) is 24.5 Å². The summed E-state index contributed by atoms with van der Waals surface area (Å²) in [5.41, 5.74) is 2.29. The van der Waals surface area contributed by atoms with E-state index in [4.69, 9.17) is 0 Å². The number of aromatic nitrogens is 2. The van der Waals surface area contributed by atoms with E-state index in [-0.39, 0.29) is 0 Å². The minimum absolute atomic E-state index is 0.695. The number of nitrogens with zero attached hydrogens (tertiary/aromatic N) is 2. The fourth-order valence-electron chi connectivity index (χ4n) is 1.77. The van der Waals surface area contributed by atoms with Gasteiger partial charge < -0.3 is 9.88 Å². The third-order valence-electron chi connectivity index (χ3n) is 2.61. The van der Waals surface area contributed by atoms with Crippen LogP contribution in [0.25, 0.3) is 11.0 Å². The summed E-state index contributed by atoms with van der Waals surface area (Å²) in [5.74, 6) is 0. The van der Waals surface area contributed by atoms with Gasteiger partial charge in [-0.05, 0) is 19.1 Å². The first kappa shape index (κ1) is 6.95. The molecule has 2 aromatic heterocycles. The molecule has 1 unspecified atom stereocenters. The second-order valence-corrected chi connectivity index (χ2v) is 3.57. The van der Waals surface area contributed by atoms with Crippen molar-refractivity contribution in [3.63, 3.8) is 0 Å². The average Bonchev–Trinajstić information content (AvgIpc) is 2.66. The van der Waals surface area contributed by atoms with Crippen LogP contribution in [-0.4, -0.2) is 22.6 Å². The lowest BCUT2D eigenvalue weighted by molar-refractivity contribution is 1.14. The van der Waals surface area contributed by atoms with Gasteiger partial charge in [0.15, 0.2) is 0 Å². The Labute approximate surface area is 76.4 Å². The van der Waals surface area contributed by atoms with Gasteiger partial charge in [0.2, 0.25) is 0 Å². The zero-order valence-electron chi connectivity index (χ0n) is 7.49.